The van der Waals surface area contributed by atoms with Crippen molar-refractivity contribution in [2.75, 3.05) is 5.32 Å². The summed E-state index contributed by atoms with van der Waals surface area (Å²) in [5, 5.41) is 4.32. The van der Waals surface area contributed by atoms with Gasteiger partial charge in [0.2, 0.25) is 0 Å². The summed E-state index contributed by atoms with van der Waals surface area (Å²) in [5.41, 5.74) is 0.939. The van der Waals surface area contributed by atoms with Crippen molar-refractivity contribution in [2.24, 2.45) is 5.92 Å². The summed E-state index contributed by atoms with van der Waals surface area (Å²) >= 11 is 6.42. The molecule has 0 radical (unpaired) electrons. The van der Waals surface area contributed by atoms with Gasteiger partial charge in [-0.15, -0.1) is 0 Å². The first kappa shape index (κ1) is 18.5. The molecule has 23 heavy (non-hydrogen) atoms. The van der Waals surface area contributed by atoms with Gasteiger partial charge in [-0.2, -0.15) is 0 Å². The zero-order valence-corrected chi connectivity index (χ0v) is 15.5. The minimum atomic E-state index is 0.530. The second-order valence-electron chi connectivity index (χ2n) is 6.83. The highest BCUT2D eigenvalue weighted by Crippen LogP contribution is 2.37. The molecule has 2 rings (SSSR count). The van der Waals surface area contributed by atoms with Gasteiger partial charge >= 0.3 is 0 Å². The maximum absolute atomic E-state index is 6.42. The Bertz CT molecular complexity index is 460. The Morgan fingerprint density at radius 2 is 1.78 bits per heavy atom. The molecule has 1 N–H and O–H groups in total. The standard InChI is InChI=1S/C19H32ClN3/c1-3-5-6-7-8-9-10-11-17(15-12-13-15)23-19-18(20)16(4-2)21-14-22-19/h14-15,17H,3-13H2,1-2H3,(H,21,22,23). The van der Waals surface area contributed by atoms with E-state index in [1.165, 1.54) is 64.2 Å². The summed E-state index contributed by atoms with van der Waals surface area (Å²) < 4.78 is 0. The minimum Gasteiger partial charge on any atom is -0.366 e. The Balaban J connectivity index is 1.76. The number of unbranched alkanes of at least 4 members (excludes halogenated alkanes) is 6. The number of nitrogens with one attached hydrogen (secondary N) is 1. The van der Waals surface area contributed by atoms with E-state index in [9.17, 15) is 0 Å². The third kappa shape index (κ3) is 6.29. The van der Waals surface area contributed by atoms with Crippen molar-refractivity contribution in [3.8, 4) is 0 Å². The molecule has 0 bridgehead atoms. The summed E-state index contributed by atoms with van der Waals surface area (Å²) in [6.45, 7) is 4.35. The lowest BCUT2D eigenvalue weighted by molar-refractivity contribution is 0.517. The molecule has 1 aliphatic carbocycles. The zero-order chi connectivity index (χ0) is 16.5. The topological polar surface area (TPSA) is 37.8 Å². The molecule has 0 saturated heterocycles. The first-order valence-electron chi connectivity index (χ1n) is 9.52. The van der Waals surface area contributed by atoms with Gasteiger partial charge in [-0.05, 0) is 31.6 Å². The van der Waals surface area contributed by atoms with E-state index in [1.807, 2.05) is 0 Å². The van der Waals surface area contributed by atoms with Gasteiger partial charge in [0.15, 0.2) is 0 Å². The number of halogens is 1. The average Bonchev–Trinajstić information content (AvgIpc) is 3.39. The monoisotopic (exact) mass is 337 g/mol. The molecule has 4 heteroatoms. The van der Waals surface area contributed by atoms with Crippen LogP contribution in [0.1, 0.15) is 83.7 Å². The summed E-state index contributed by atoms with van der Waals surface area (Å²) in [6, 6.07) is 0.530. The molecule has 0 aliphatic heterocycles. The quantitative estimate of drug-likeness (QED) is 0.473. The lowest BCUT2D eigenvalue weighted by Gasteiger charge is -2.20. The fourth-order valence-electron chi connectivity index (χ4n) is 3.17. The fourth-order valence-corrected chi connectivity index (χ4v) is 3.46. The van der Waals surface area contributed by atoms with Crippen LogP contribution in [0.4, 0.5) is 5.82 Å². The Hall–Kier alpha value is -0.830. The maximum Gasteiger partial charge on any atom is 0.148 e. The number of rotatable bonds is 12. The van der Waals surface area contributed by atoms with E-state index in [-0.39, 0.29) is 0 Å². The SMILES string of the molecule is CCCCCCCCCC(Nc1ncnc(CC)c1Cl)C1CC1. The molecular weight excluding hydrogens is 306 g/mol. The number of anilines is 1. The van der Waals surface area contributed by atoms with Crippen LogP contribution in [-0.4, -0.2) is 16.0 Å². The minimum absolute atomic E-state index is 0.530. The molecule has 1 unspecified atom stereocenters. The molecule has 0 spiro atoms. The first-order valence-corrected chi connectivity index (χ1v) is 9.90. The molecule has 1 atom stereocenters. The van der Waals surface area contributed by atoms with E-state index < -0.39 is 0 Å². The average molecular weight is 338 g/mol. The Morgan fingerprint density at radius 1 is 1.09 bits per heavy atom. The smallest absolute Gasteiger partial charge is 0.148 e. The highest BCUT2D eigenvalue weighted by atomic mass is 35.5. The molecular formula is C19H32ClN3. The Morgan fingerprint density at radius 3 is 2.43 bits per heavy atom. The van der Waals surface area contributed by atoms with Gasteiger partial charge in [-0.25, -0.2) is 9.97 Å². The molecule has 1 aliphatic rings. The number of aromatic nitrogens is 2. The number of nitrogens with zero attached hydrogens (tertiary/aromatic N) is 2. The highest BCUT2D eigenvalue weighted by molar-refractivity contribution is 6.33. The van der Waals surface area contributed by atoms with Crippen LogP contribution in [0.25, 0.3) is 0 Å². The number of hydrogen-bond acceptors (Lipinski definition) is 3. The maximum atomic E-state index is 6.42. The van der Waals surface area contributed by atoms with Crippen LogP contribution in [0.2, 0.25) is 5.02 Å². The van der Waals surface area contributed by atoms with Gasteiger partial charge in [0.25, 0.3) is 0 Å². The van der Waals surface area contributed by atoms with Crippen molar-refractivity contribution < 1.29 is 0 Å². The number of aryl methyl sites for hydroxylation is 1. The van der Waals surface area contributed by atoms with Crippen LogP contribution in [-0.2, 0) is 6.42 Å². The predicted molar refractivity (Wildman–Crippen MR) is 99.2 cm³/mol. The fraction of sp³-hybridized carbons (Fsp3) is 0.789. The highest BCUT2D eigenvalue weighted by Gasteiger charge is 2.31. The molecule has 0 aromatic carbocycles. The predicted octanol–water partition coefficient (Wildman–Crippen LogP) is 6.02. The number of hydrogen-bond donors (Lipinski definition) is 1. The summed E-state index contributed by atoms with van der Waals surface area (Å²) in [7, 11) is 0. The molecule has 1 aromatic rings. The van der Waals surface area contributed by atoms with E-state index >= 15 is 0 Å². The molecule has 0 amide bonds. The second kappa shape index (κ2) is 10.1. The third-order valence-electron chi connectivity index (χ3n) is 4.83. The molecule has 3 nitrogen and oxygen atoms in total. The molecule has 1 fully saturated rings. The van der Waals surface area contributed by atoms with Gasteiger partial charge in [0.1, 0.15) is 17.2 Å². The first-order chi connectivity index (χ1) is 11.3. The molecule has 130 valence electrons. The largest absolute Gasteiger partial charge is 0.366 e. The summed E-state index contributed by atoms with van der Waals surface area (Å²) in [5.74, 6) is 1.64. The van der Waals surface area contributed by atoms with Crippen LogP contribution in [0.15, 0.2) is 6.33 Å². The van der Waals surface area contributed by atoms with Crippen molar-refractivity contribution in [2.45, 2.75) is 90.5 Å². The van der Waals surface area contributed by atoms with Gasteiger partial charge in [0.05, 0.1) is 5.69 Å². The van der Waals surface area contributed by atoms with E-state index in [0.29, 0.717) is 11.1 Å². The Kier molecular flexibility index (Phi) is 8.14. The van der Waals surface area contributed by atoms with Crippen LogP contribution in [0.5, 0.6) is 0 Å². The second-order valence-corrected chi connectivity index (χ2v) is 7.21. The summed E-state index contributed by atoms with van der Waals surface area (Å²) in [4.78, 5) is 8.61. The molecule has 1 aromatic heterocycles. The Labute approximate surface area is 146 Å². The van der Waals surface area contributed by atoms with Crippen LogP contribution in [0.3, 0.4) is 0 Å². The van der Waals surface area contributed by atoms with Crippen LogP contribution < -0.4 is 5.32 Å². The van der Waals surface area contributed by atoms with Gasteiger partial charge in [0, 0.05) is 6.04 Å². The van der Waals surface area contributed by atoms with Crippen molar-refractivity contribution >= 4 is 17.4 Å². The summed E-state index contributed by atoms with van der Waals surface area (Å²) in [6.07, 6.45) is 16.0. The molecule has 1 heterocycles. The van der Waals surface area contributed by atoms with Gasteiger partial charge in [-0.1, -0.05) is 70.4 Å². The zero-order valence-electron chi connectivity index (χ0n) is 14.8. The normalized spacial score (nSPS) is 15.6. The van der Waals surface area contributed by atoms with E-state index in [1.54, 1.807) is 6.33 Å². The van der Waals surface area contributed by atoms with Gasteiger partial charge in [-0.3, -0.25) is 0 Å². The van der Waals surface area contributed by atoms with E-state index in [4.69, 9.17) is 11.6 Å². The van der Waals surface area contributed by atoms with E-state index in [0.717, 1.165) is 23.9 Å². The van der Waals surface area contributed by atoms with Gasteiger partial charge < -0.3 is 5.32 Å². The lowest BCUT2D eigenvalue weighted by atomic mass is 10.0. The van der Waals surface area contributed by atoms with Crippen LogP contribution >= 0.6 is 11.6 Å². The van der Waals surface area contributed by atoms with Crippen LogP contribution in [0, 0.1) is 5.92 Å². The van der Waals surface area contributed by atoms with Crippen molar-refractivity contribution in [3.05, 3.63) is 17.0 Å². The third-order valence-corrected chi connectivity index (χ3v) is 5.23. The van der Waals surface area contributed by atoms with Crippen molar-refractivity contribution in [3.63, 3.8) is 0 Å². The van der Waals surface area contributed by atoms with Crippen molar-refractivity contribution in [1.82, 2.24) is 9.97 Å². The molecule has 1 saturated carbocycles. The van der Waals surface area contributed by atoms with E-state index in [2.05, 4.69) is 29.1 Å². The lowest BCUT2D eigenvalue weighted by Crippen LogP contribution is -2.23. The van der Waals surface area contributed by atoms with Crippen molar-refractivity contribution in [1.29, 1.82) is 0 Å².